The molecular formula is C16H31N3O. The molecule has 1 saturated heterocycles. The van der Waals surface area contributed by atoms with Gasteiger partial charge in [-0.3, -0.25) is 4.79 Å². The average Bonchev–Trinajstić information content (AvgIpc) is 2.49. The van der Waals surface area contributed by atoms with Crippen LogP contribution < -0.4 is 11.1 Å². The summed E-state index contributed by atoms with van der Waals surface area (Å²) in [5.41, 5.74) is 5.83. The minimum absolute atomic E-state index is 0.169. The van der Waals surface area contributed by atoms with Crippen molar-refractivity contribution < 1.29 is 4.79 Å². The quantitative estimate of drug-likeness (QED) is 0.807. The van der Waals surface area contributed by atoms with E-state index in [1.165, 1.54) is 25.8 Å². The second-order valence-electron chi connectivity index (χ2n) is 6.51. The molecule has 20 heavy (non-hydrogen) atoms. The maximum Gasteiger partial charge on any atom is 0.223 e. The molecule has 1 aliphatic heterocycles. The maximum atomic E-state index is 12.5. The second-order valence-corrected chi connectivity index (χ2v) is 6.51. The number of piperidine rings is 1. The number of nitrogens with zero attached hydrogens (tertiary/aromatic N) is 1. The van der Waals surface area contributed by atoms with Crippen molar-refractivity contribution in [3.8, 4) is 0 Å². The van der Waals surface area contributed by atoms with E-state index >= 15 is 0 Å². The third-order valence-electron chi connectivity index (χ3n) is 5.02. The largest absolute Gasteiger partial charge is 0.353 e. The Morgan fingerprint density at radius 2 is 1.90 bits per heavy atom. The van der Waals surface area contributed by atoms with Crippen LogP contribution in [-0.4, -0.2) is 43.0 Å². The molecule has 2 fully saturated rings. The van der Waals surface area contributed by atoms with Gasteiger partial charge >= 0.3 is 0 Å². The number of nitrogens with two attached hydrogens (primary N) is 1. The fraction of sp³-hybridized carbons (Fsp3) is 0.938. The predicted octanol–water partition coefficient (Wildman–Crippen LogP) is 1.74. The molecule has 0 aromatic heterocycles. The number of likely N-dealkylation sites (tertiary alicyclic amines) is 1. The van der Waals surface area contributed by atoms with E-state index in [2.05, 4.69) is 17.1 Å². The van der Waals surface area contributed by atoms with Crippen LogP contribution in [0.25, 0.3) is 0 Å². The lowest BCUT2D eigenvalue weighted by Crippen LogP contribution is -2.48. The topological polar surface area (TPSA) is 58.4 Å². The van der Waals surface area contributed by atoms with E-state index in [1.54, 1.807) is 0 Å². The van der Waals surface area contributed by atoms with Gasteiger partial charge in [0.1, 0.15) is 0 Å². The van der Waals surface area contributed by atoms with Gasteiger partial charge in [0.15, 0.2) is 0 Å². The molecule has 2 unspecified atom stereocenters. The lowest BCUT2D eigenvalue weighted by Gasteiger charge is -2.35. The van der Waals surface area contributed by atoms with E-state index in [1.807, 2.05) is 0 Å². The van der Waals surface area contributed by atoms with Crippen LogP contribution in [0.3, 0.4) is 0 Å². The van der Waals surface area contributed by atoms with Crippen LogP contribution in [0.2, 0.25) is 0 Å². The van der Waals surface area contributed by atoms with Gasteiger partial charge in [0.05, 0.1) is 0 Å². The van der Waals surface area contributed by atoms with E-state index in [0.717, 1.165) is 38.8 Å². The molecule has 2 atom stereocenters. The van der Waals surface area contributed by atoms with Gasteiger partial charge in [-0.25, -0.2) is 0 Å². The van der Waals surface area contributed by atoms with Gasteiger partial charge in [-0.15, -0.1) is 0 Å². The van der Waals surface area contributed by atoms with Crippen molar-refractivity contribution >= 4 is 5.91 Å². The Morgan fingerprint density at radius 3 is 2.55 bits per heavy atom. The summed E-state index contributed by atoms with van der Waals surface area (Å²) in [7, 11) is 0. The first-order valence-electron chi connectivity index (χ1n) is 8.47. The fourth-order valence-electron chi connectivity index (χ4n) is 3.76. The smallest absolute Gasteiger partial charge is 0.223 e. The van der Waals surface area contributed by atoms with Crippen LogP contribution >= 0.6 is 0 Å². The fourth-order valence-corrected chi connectivity index (χ4v) is 3.76. The molecule has 2 rings (SSSR count). The van der Waals surface area contributed by atoms with Crippen molar-refractivity contribution in [1.82, 2.24) is 10.2 Å². The molecule has 1 heterocycles. The summed E-state index contributed by atoms with van der Waals surface area (Å²) >= 11 is 0. The molecule has 4 heteroatoms. The van der Waals surface area contributed by atoms with Crippen LogP contribution in [-0.2, 0) is 4.79 Å². The predicted molar refractivity (Wildman–Crippen MR) is 82.4 cm³/mol. The van der Waals surface area contributed by atoms with Gasteiger partial charge < -0.3 is 16.0 Å². The first-order chi connectivity index (χ1) is 9.74. The third kappa shape index (κ3) is 4.19. The summed E-state index contributed by atoms with van der Waals surface area (Å²) in [6.45, 7) is 6.34. The van der Waals surface area contributed by atoms with Crippen molar-refractivity contribution in [2.24, 2.45) is 17.6 Å². The maximum absolute atomic E-state index is 12.5. The molecule has 0 aromatic rings. The number of rotatable bonds is 5. The monoisotopic (exact) mass is 281 g/mol. The summed E-state index contributed by atoms with van der Waals surface area (Å²) in [4.78, 5) is 15.0. The van der Waals surface area contributed by atoms with Gasteiger partial charge in [0, 0.05) is 25.0 Å². The van der Waals surface area contributed by atoms with E-state index in [-0.39, 0.29) is 11.8 Å². The Bertz CT molecular complexity index is 300. The van der Waals surface area contributed by atoms with Gasteiger partial charge in [0.2, 0.25) is 5.91 Å². The number of amides is 1. The van der Waals surface area contributed by atoms with E-state index in [9.17, 15) is 4.79 Å². The lowest BCUT2D eigenvalue weighted by atomic mass is 9.78. The van der Waals surface area contributed by atoms with Crippen LogP contribution in [0.15, 0.2) is 0 Å². The normalized spacial score (nSPS) is 29.3. The van der Waals surface area contributed by atoms with Crippen molar-refractivity contribution in [1.29, 1.82) is 0 Å². The zero-order valence-electron chi connectivity index (χ0n) is 12.9. The molecule has 0 radical (unpaired) electrons. The summed E-state index contributed by atoms with van der Waals surface area (Å²) < 4.78 is 0. The first kappa shape index (κ1) is 15.8. The summed E-state index contributed by atoms with van der Waals surface area (Å²) in [5, 5.41) is 3.29. The molecule has 0 spiro atoms. The third-order valence-corrected chi connectivity index (χ3v) is 5.02. The summed E-state index contributed by atoms with van der Waals surface area (Å²) in [6.07, 6.45) is 8.01. The molecule has 0 bridgehead atoms. The van der Waals surface area contributed by atoms with Crippen molar-refractivity contribution in [2.75, 3.05) is 26.2 Å². The Labute approximate surface area is 123 Å². The van der Waals surface area contributed by atoms with E-state index in [4.69, 9.17) is 5.73 Å². The van der Waals surface area contributed by atoms with Gasteiger partial charge in [-0.1, -0.05) is 19.8 Å². The molecule has 1 amide bonds. The average molecular weight is 281 g/mol. The Morgan fingerprint density at radius 1 is 1.20 bits per heavy atom. The highest BCUT2D eigenvalue weighted by Crippen LogP contribution is 2.29. The molecule has 4 nitrogen and oxygen atoms in total. The molecule has 116 valence electrons. The van der Waals surface area contributed by atoms with Crippen LogP contribution in [0.4, 0.5) is 0 Å². The zero-order valence-corrected chi connectivity index (χ0v) is 12.9. The molecular weight excluding hydrogens is 250 g/mol. The zero-order chi connectivity index (χ0) is 14.4. The highest BCUT2D eigenvalue weighted by Gasteiger charge is 2.31. The van der Waals surface area contributed by atoms with Gasteiger partial charge in [-0.2, -0.15) is 0 Å². The van der Waals surface area contributed by atoms with Crippen LogP contribution in [0, 0.1) is 11.8 Å². The highest BCUT2D eigenvalue weighted by molar-refractivity contribution is 5.79. The molecule has 1 saturated carbocycles. The Hall–Kier alpha value is -0.610. The van der Waals surface area contributed by atoms with Crippen molar-refractivity contribution in [2.45, 2.75) is 57.9 Å². The van der Waals surface area contributed by atoms with E-state index < -0.39 is 0 Å². The molecule has 0 aromatic carbocycles. The van der Waals surface area contributed by atoms with Gasteiger partial charge in [0.25, 0.3) is 0 Å². The van der Waals surface area contributed by atoms with Crippen LogP contribution in [0.1, 0.15) is 51.9 Å². The summed E-state index contributed by atoms with van der Waals surface area (Å²) in [5.74, 6) is 0.848. The minimum Gasteiger partial charge on any atom is -0.353 e. The standard InChI is InChI=1S/C16H31N3O/c1-2-9-19-10-7-14(8-11-19)18-16(20)15-6-4-3-5-13(15)12-17/h13-15H,2-12,17H2,1H3,(H,18,20). The number of hydrogen-bond acceptors (Lipinski definition) is 3. The Balaban J connectivity index is 1.77. The number of carbonyl (C=O) groups is 1. The first-order valence-corrected chi connectivity index (χ1v) is 8.47. The van der Waals surface area contributed by atoms with Crippen molar-refractivity contribution in [3.05, 3.63) is 0 Å². The lowest BCUT2D eigenvalue weighted by molar-refractivity contribution is -0.128. The second kappa shape index (κ2) is 7.99. The van der Waals surface area contributed by atoms with Gasteiger partial charge in [-0.05, 0) is 51.1 Å². The SMILES string of the molecule is CCCN1CCC(NC(=O)C2CCCCC2CN)CC1. The summed E-state index contributed by atoms with van der Waals surface area (Å²) in [6, 6.07) is 0.385. The number of carbonyl (C=O) groups excluding carboxylic acids is 1. The number of nitrogens with one attached hydrogen (secondary N) is 1. The minimum atomic E-state index is 0.169. The van der Waals surface area contributed by atoms with E-state index in [0.29, 0.717) is 18.5 Å². The number of hydrogen-bond donors (Lipinski definition) is 2. The molecule has 3 N–H and O–H groups in total. The van der Waals surface area contributed by atoms with Crippen LogP contribution in [0.5, 0.6) is 0 Å². The molecule has 1 aliphatic carbocycles. The highest BCUT2D eigenvalue weighted by atomic mass is 16.2. The molecule has 2 aliphatic rings. The van der Waals surface area contributed by atoms with Crippen molar-refractivity contribution in [3.63, 3.8) is 0 Å². The Kier molecular flexibility index (Phi) is 6.30.